The zero-order valence-corrected chi connectivity index (χ0v) is 15.4. The molecule has 2 aromatic rings. The van der Waals surface area contributed by atoms with Crippen LogP contribution in [-0.2, 0) is 9.53 Å². The van der Waals surface area contributed by atoms with E-state index in [2.05, 4.69) is 5.32 Å². The van der Waals surface area contributed by atoms with E-state index in [1.807, 2.05) is 37.3 Å². The summed E-state index contributed by atoms with van der Waals surface area (Å²) < 4.78 is 18.8. The molecule has 0 aliphatic carbocycles. The largest absolute Gasteiger partial charge is 0.449 e. The van der Waals surface area contributed by atoms with Gasteiger partial charge in [0.15, 0.2) is 6.10 Å². The van der Waals surface area contributed by atoms with Crippen molar-refractivity contribution < 1.29 is 18.7 Å². The van der Waals surface area contributed by atoms with Crippen LogP contribution in [-0.4, -0.2) is 24.5 Å². The van der Waals surface area contributed by atoms with Crippen LogP contribution >= 0.6 is 11.6 Å². The number of rotatable bonds is 7. The van der Waals surface area contributed by atoms with E-state index in [1.54, 1.807) is 0 Å². The SMILES string of the molecule is CC[C@@H](CNC(=O)[C@@H](C)OC(=O)c1cc(Cl)ccc1F)c1ccccc1. The molecule has 0 saturated heterocycles. The maximum Gasteiger partial charge on any atom is 0.341 e. The van der Waals surface area contributed by atoms with Crippen molar-refractivity contribution in [2.24, 2.45) is 0 Å². The summed E-state index contributed by atoms with van der Waals surface area (Å²) in [6.45, 7) is 3.90. The van der Waals surface area contributed by atoms with Gasteiger partial charge >= 0.3 is 5.97 Å². The van der Waals surface area contributed by atoms with Gasteiger partial charge in [-0.1, -0.05) is 48.9 Å². The molecule has 1 amide bonds. The normalized spacial score (nSPS) is 12.9. The molecule has 0 bridgehead atoms. The summed E-state index contributed by atoms with van der Waals surface area (Å²) in [5.74, 6) is -1.95. The average Bonchev–Trinajstić information content (AvgIpc) is 2.64. The summed E-state index contributed by atoms with van der Waals surface area (Å²) in [6.07, 6.45) is -0.194. The van der Waals surface area contributed by atoms with Gasteiger partial charge in [-0.3, -0.25) is 4.79 Å². The van der Waals surface area contributed by atoms with Gasteiger partial charge in [-0.15, -0.1) is 0 Å². The second-order valence-corrected chi connectivity index (χ2v) is 6.37. The molecule has 2 aromatic carbocycles. The summed E-state index contributed by atoms with van der Waals surface area (Å²) >= 11 is 5.77. The molecule has 0 spiro atoms. The Kier molecular flexibility index (Phi) is 7.16. The standard InChI is InChI=1S/C20H21ClFNO3/c1-3-14(15-7-5-4-6-8-15)12-23-19(24)13(2)26-20(25)17-11-16(21)9-10-18(17)22/h4-11,13-14H,3,12H2,1-2H3,(H,23,24)/t13-,14+/m1/s1. The van der Waals surface area contributed by atoms with E-state index < -0.39 is 23.8 Å². The molecular weight excluding hydrogens is 357 g/mol. The van der Waals surface area contributed by atoms with Crippen LogP contribution in [0.2, 0.25) is 5.02 Å². The number of nitrogens with one attached hydrogen (secondary N) is 1. The first-order valence-electron chi connectivity index (χ1n) is 8.41. The van der Waals surface area contributed by atoms with Crippen LogP contribution in [0.25, 0.3) is 0 Å². The maximum absolute atomic E-state index is 13.7. The van der Waals surface area contributed by atoms with E-state index in [1.165, 1.54) is 19.1 Å². The Hall–Kier alpha value is -2.40. The molecule has 2 rings (SSSR count). The van der Waals surface area contributed by atoms with Gasteiger partial charge in [-0.05, 0) is 37.1 Å². The number of amides is 1. The number of halogens is 2. The Labute approximate surface area is 157 Å². The first-order chi connectivity index (χ1) is 12.4. The minimum atomic E-state index is -1.05. The number of hydrogen-bond acceptors (Lipinski definition) is 3. The molecule has 0 fully saturated rings. The van der Waals surface area contributed by atoms with Crippen LogP contribution < -0.4 is 5.32 Å². The molecule has 0 aliphatic heterocycles. The van der Waals surface area contributed by atoms with Gasteiger partial charge in [0.05, 0.1) is 5.56 Å². The number of ether oxygens (including phenoxy) is 1. The fraction of sp³-hybridized carbons (Fsp3) is 0.300. The monoisotopic (exact) mass is 377 g/mol. The molecule has 1 N–H and O–H groups in total. The topological polar surface area (TPSA) is 55.4 Å². The number of esters is 1. The summed E-state index contributed by atoms with van der Waals surface area (Å²) in [5.41, 5.74) is 0.828. The Bertz CT molecular complexity index is 767. The van der Waals surface area contributed by atoms with Crippen molar-refractivity contribution in [3.8, 4) is 0 Å². The highest BCUT2D eigenvalue weighted by molar-refractivity contribution is 6.30. The third kappa shape index (κ3) is 5.30. The van der Waals surface area contributed by atoms with Crippen molar-refractivity contribution in [1.82, 2.24) is 5.32 Å². The van der Waals surface area contributed by atoms with Gasteiger partial charge in [0.1, 0.15) is 5.82 Å². The van der Waals surface area contributed by atoms with Crippen molar-refractivity contribution in [1.29, 1.82) is 0 Å². The number of benzene rings is 2. The predicted molar refractivity (Wildman–Crippen MR) is 98.8 cm³/mol. The smallest absolute Gasteiger partial charge is 0.341 e. The summed E-state index contributed by atoms with van der Waals surface area (Å²) in [6, 6.07) is 13.4. The van der Waals surface area contributed by atoms with Crippen LogP contribution in [0.15, 0.2) is 48.5 Å². The van der Waals surface area contributed by atoms with Crippen LogP contribution in [0.5, 0.6) is 0 Å². The molecule has 0 saturated carbocycles. The van der Waals surface area contributed by atoms with Crippen LogP contribution in [0, 0.1) is 5.82 Å². The summed E-state index contributed by atoms with van der Waals surface area (Å²) in [4.78, 5) is 24.3. The molecule has 0 unspecified atom stereocenters. The summed E-state index contributed by atoms with van der Waals surface area (Å²) in [5, 5.41) is 2.99. The molecule has 138 valence electrons. The van der Waals surface area contributed by atoms with Crippen molar-refractivity contribution in [3.05, 3.63) is 70.5 Å². The molecule has 0 heterocycles. The number of hydrogen-bond donors (Lipinski definition) is 1. The first kappa shape index (κ1) is 19.9. The first-order valence-corrected chi connectivity index (χ1v) is 8.78. The Morgan fingerprint density at radius 3 is 2.54 bits per heavy atom. The fourth-order valence-electron chi connectivity index (χ4n) is 2.52. The van der Waals surface area contributed by atoms with Crippen LogP contribution in [0.1, 0.15) is 42.1 Å². The highest BCUT2D eigenvalue weighted by atomic mass is 35.5. The van der Waals surface area contributed by atoms with Crippen molar-refractivity contribution >= 4 is 23.5 Å². The number of carbonyl (C=O) groups excluding carboxylic acids is 2. The van der Waals surface area contributed by atoms with Gasteiger partial charge in [0.25, 0.3) is 5.91 Å². The van der Waals surface area contributed by atoms with Crippen molar-refractivity contribution in [3.63, 3.8) is 0 Å². The van der Waals surface area contributed by atoms with E-state index in [4.69, 9.17) is 16.3 Å². The van der Waals surface area contributed by atoms with Crippen LogP contribution in [0.4, 0.5) is 4.39 Å². The second-order valence-electron chi connectivity index (χ2n) is 5.93. The van der Waals surface area contributed by atoms with Crippen LogP contribution in [0.3, 0.4) is 0 Å². The molecule has 6 heteroatoms. The maximum atomic E-state index is 13.7. The lowest BCUT2D eigenvalue weighted by molar-refractivity contribution is -0.129. The Morgan fingerprint density at radius 2 is 1.88 bits per heavy atom. The second kappa shape index (κ2) is 9.34. The molecular formula is C20H21ClFNO3. The van der Waals surface area contributed by atoms with E-state index in [9.17, 15) is 14.0 Å². The van der Waals surface area contributed by atoms with Gasteiger partial charge in [0.2, 0.25) is 0 Å². The third-order valence-electron chi connectivity index (χ3n) is 4.09. The van der Waals surface area contributed by atoms with E-state index in [0.717, 1.165) is 18.1 Å². The van der Waals surface area contributed by atoms with Gasteiger partial charge < -0.3 is 10.1 Å². The lowest BCUT2D eigenvalue weighted by atomic mass is 9.96. The van der Waals surface area contributed by atoms with E-state index in [0.29, 0.717) is 6.54 Å². The Morgan fingerprint density at radius 1 is 1.19 bits per heavy atom. The minimum absolute atomic E-state index is 0.161. The van der Waals surface area contributed by atoms with E-state index in [-0.39, 0.29) is 16.5 Å². The molecule has 26 heavy (non-hydrogen) atoms. The Balaban J connectivity index is 1.92. The molecule has 0 radical (unpaired) electrons. The summed E-state index contributed by atoms with van der Waals surface area (Å²) in [7, 11) is 0. The van der Waals surface area contributed by atoms with Gasteiger partial charge in [0, 0.05) is 17.5 Å². The highest BCUT2D eigenvalue weighted by Gasteiger charge is 2.22. The average molecular weight is 378 g/mol. The molecule has 4 nitrogen and oxygen atoms in total. The quantitative estimate of drug-likeness (QED) is 0.730. The lowest BCUT2D eigenvalue weighted by Crippen LogP contribution is -2.38. The molecule has 2 atom stereocenters. The highest BCUT2D eigenvalue weighted by Crippen LogP contribution is 2.19. The molecule has 0 aromatic heterocycles. The predicted octanol–water partition coefficient (Wildman–Crippen LogP) is 4.33. The lowest BCUT2D eigenvalue weighted by Gasteiger charge is -2.18. The van der Waals surface area contributed by atoms with Crippen molar-refractivity contribution in [2.75, 3.05) is 6.54 Å². The zero-order chi connectivity index (χ0) is 19.1. The van der Waals surface area contributed by atoms with Gasteiger partial charge in [-0.2, -0.15) is 0 Å². The van der Waals surface area contributed by atoms with Crippen molar-refractivity contribution in [2.45, 2.75) is 32.3 Å². The van der Waals surface area contributed by atoms with E-state index >= 15 is 0 Å². The molecule has 0 aliphatic rings. The van der Waals surface area contributed by atoms with Gasteiger partial charge in [-0.25, -0.2) is 9.18 Å². The minimum Gasteiger partial charge on any atom is -0.449 e. The number of carbonyl (C=O) groups is 2. The zero-order valence-electron chi connectivity index (χ0n) is 14.7. The fourth-order valence-corrected chi connectivity index (χ4v) is 2.69. The third-order valence-corrected chi connectivity index (χ3v) is 4.32.